The molecule has 0 unspecified atom stereocenters. The molecule has 0 aliphatic carbocycles. The average molecular weight is 437 g/mol. The predicted octanol–water partition coefficient (Wildman–Crippen LogP) is 3.89. The second kappa shape index (κ2) is 9.82. The fourth-order valence-electron chi connectivity index (χ4n) is 3.46. The maximum atomic E-state index is 11.9. The van der Waals surface area contributed by atoms with Gasteiger partial charge in [-0.3, -0.25) is 0 Å². The van der Waals surface area contributed by atoms with Crippen molar-refractivity contribution in [3.8, 4) is 11.5 Å². The van der Waals surface area contributed by atoms with E-state index in [4.69, 9.17) is 18.9 Å². The Balaban J connectivity index is 1.48. The number of esters is 1. The summed E-state index contributed by atoms with van der Waals surface area (Å²) in [5.74, 6) is 1.02. The second-order valence-electron chi connectivity index (χ2n) is 7.76. The summed E-state index contributed by atoms with van der Waals surface area (Å²) in [5, 5.41) is 7.97. The molecule has 0 amide bonds. The van der Waals surface area contributed by atoms with Crippen LogP contribution in [0.25, 0.3) is 0 Å². The van der Waals surface area contributed by atoms with Crippen LogP contribution >= 0.6 is 0 Å². The highest BCUT2D eigenvalue weighted by atomic mass is 16.6. The zero-order valence-corrected chi connectivity index (χ0v) is 18.4. The van der Waals surface area contributed by atoms with E-state index in [1.54, 1.807) is 6.92 Å². The summed E-state index contributed by atoms with van der Waals surface area (Å²) >= 11 is 0. The van der Waals surface area contributed by atoms with E-state index in [2.05, 4.69) is 10.3 Å². The minimum atomic E-state index is -0.511. The number of nitrogens with zero attached hydrogens (tertiary/aromatic N) is 3. The van der Waals surface area contributed by atoms with Crippen molar-refractivity contribution >= 4 is 5.97 Å². The molecule has 4 rings (SSSR count). The highest BCUT2D eigenvalue weighted by molar-refractivity contribution is 5.86. The van der Waals surface area contributed by atoms with Crippen LogP contribution in [0.1, 0.15) is 41.2 Å². The number of hydrogen-bond donors (Lipinski definition) is 0. The molecule has 2 aromatic carbocycles. The molecule has 0 radical (unpaired) electrons. The summed E-state index contributed by atoms with van der Waals surface area (Å²) in [4.78, 5) is 11.9. The molecule has 1 aliphatic rings. The lowest BCUT2D eigenvalue weighted by Crippen LogP contribution is -2.32. The van der Waals surface area contributed by atoms with Crippen LogP contribution in [-0.2, 0) is 9.47 Å². The lowest BCUT2D eigenvalue weighted by Gasteiger charge is -2.20. The standard InChI is InChI=1S/C24H27N3O5/c1-4-29-24(28)20-14-27(26-25-20)23-13-21(31-19-11-7-17(3)8-12-19)22(32-23)15-30-18-9-5-16(2)6-10-18/h5-12,14,21-23H,4,13,15H2,1-3H3/t21-,22+,23+/m0/s1. The Morgan fingerprint density at radius 2 is 1.72 bits per heavy atom. The first kappa shape index (κ1) is 21.8. The van der Waals surface area contributed by atoms with Crippen LogP contribution in [0.15, 0.2) is 54.7 Å². The summed E-state index contributed by atoms with van der Waals surface area (Å²) in [5.41, 5.74) is 2.47. The number of aromatic nitrogens is 3. The molecular weight excluding hydrogens is 410 g/mol. The first-order valence-electron chi connectivity index (χ1n) is 10.7. The second-order valence-corrected chi connectivity index (χ2v) is 7.76. The monoisotopic (exact) mass is 437 g/mol. The first-order chi connectivity index (χ1) is 15.5. The minimum Gasteiger partial charge on any atom is -0.491 e. The molecular formula is C24H27N3O5. The molecule has 1 saturated heterocycles. The van der Waals surface area contributed by atoms with Gasteiger partial charge in [0.1, 0.15) is 30.3 Å². The molecule has 2 heterocycles. The van der Waals surface area contributed by atoms with Gasteiger partial charge in [-0.1, -0.05) is 40.6 Å². The number of ether oxygens (including phenoxy) is 4. The summed E-state index contributed by atoms with van der Waals surface area (Å²) in [6.45, 7) is 6.39. The number of carbonyl (C=O) groups excluding carboxylic acids is 1. The number of carbonyl (C=O) groups is 1. The Hall–Kier alpha value is -3.39. The first-order valence-corrected chi connectivity index (χ1v) is 10.7. The zero-order valence-electron chi connectivity index (χ0n) is 18.4. The highest BCUT2D eigenvalue weighted by Crippen LogP contribution is 2.32. The Morgan fingerprint density at radius 1 is 1.06 bits per heavy atom. The molecule has 1 aliphatic heterocycles. The Labute approximate surface area is 187 Å². The zero-order chi connectivity index (χ0) is 22.5. The van der Waals surface area contributed by atoms with Crippen LogP contribution in [0, 0.1) is 13.8 Å². The highest BCUT2D eigenvalue weighted by Gasteiger charge is 2.39. The quantitative estimate of drug-likeness (QED) is 0.494. The molecule has 0 saturated carbocycles. The lowest BCUT2D eigenvalue weighted by molar-refractivity contribution is -0.0406. The topological polar surface area (TPSA) is 84.7 Å². The normalized spacial score (nSPS) is 20.2. The molecule has 32 heavy (non-hydrogen) atoms. The number of benzene rings is 2. The third-order valence-corrected chi connectivity index (χ3v) is 5.21. The summed E-state index contributed by atoms with van der Waals surface area (Å²) < 4.78 is 24.9. The fraction of sp³-hybridized carbons (Fsp3) is 0.375. The van der Waals surface area contributed by atoms with Gasteiger partial charge in [-0.25, -0.2) is 9.48 Å². The number of rotatable bonds is 8. The van der Waals surface area contributed by atoms with E-state index >= 15 is 0 Å². The van der Waals surface area contributed by atoms with Crippen molar-refractivity contribution in [2.75, 3.05) is 13.2 Å². The van der Waals surface area contributed by atoms with Crippen molar-refractivity contribution in [2.45, 2.75) is 45.6 Å². The number of hydrogen-bond acceptors (Lipinski definition) is 7. The van der Waals surface area contributed by atoms with Gasteiger partial charge in [0, 0.05) is 6.42 Å². The fourth-order valence-corrected chi connectivity index (χ4v) is 3.46. The third-order valence-electron chi connectivity index (χ3n) is 5.21. The van der Waals surface area contributed by atoms with E-state index in [0.717, 1.165) is 17.1 Å². The largest absolute Gasteiger partial charge is 0.491 e. The van der Waals surface area contributed by atoms with Gasteiger partial charge in [0.15, 0.2) is 11.9 Å². The maximum absolute atomic E-state index is 11.9. The summed E-state index contributed by atoms with van der Waals surface area (Å²) in [6.07, 6.45) is 1.03. The van der Waals surface area contributed by atoms with Gasteiger partial charge in [0.2, 0.25) is 0 Å². The molecule has 8 nitrogen and oxygen atoms in total. The number of aryl methyl sites for hydroxylation is 2. The molecule has 0 N–H and O–H groups in total. The molecule has 8 heteroatoms. The smallest absolute Gasteiger partial charge is 0.360 e. The maximum Gasteiger partial charge on any atom is 0.360 e. The van der Waals surface area contributed by atoms with Crippen molar-refractivity contribution in [3.05, 3.63) is 71.5 Å². The van der Waals surface area contributed by atoms with E-state index < -0.39 is 12.2 Å². The van der Waals surface area contributed by atoms with Crippen LogP contribution in [0.5, 0.6) is 11.5 Å². The van der Waals surface area contributed by atoms with E-state index in [9.17, 15) is 4.79 Å². The Bertz CT molecular complexity index is 1030. The Morgan fingerprint density at radius 3 is 2.38 bits per heavy atom. The summed E-state index contributed by atoms with van der Waals surface area (Å²) in [6, 6.07) is 15.7. The van der Waals surface area contributed by atoms with Crippen molar-refractivity contribution in [2.24, 2.45) is 0 Å². The van der Waals surface area contributed by atoms with Crippen molar-refractivity contribution in [1.82, 2.24) is 15.0 Å². The summed E-state index contributed by atoms with van der Waals surface area (Å²) in [7, 11) is 0. The molecule has 1 aromatic heterocycles. The molecule has 1 fully saturated rings. The Kier molecular flexibility index (Phi) is 6.70. The van der Waals surface area contributed by atoms with E-state index in [1.807, 2.05) is 62.4 Å². The molecule has 0 spiro atoms. The van der Waals surface area contributed by atoms with E-state index in [0.29, 0.717) is 13.0 Å². The van der Waals surface area contributed by atoms with Gasteiger partial charge in [0.25, 0.3) is 0 Å². The van der Waals surface area contributed by atoms with Gasteiger partial charge >= 0.3 is 5.97 Å². The van der Waals surface area contributed by atoms with Gasteiger partial charge in [-0.15, -0.1) is 5.10 Å². The SMILES string of the molecule is CCOC(=O)c1cn([C@H]2C[C@H](Oc3ccc(C)cc3)[C@@H](COc3ccc(C)cc3)O2)nn1. The third kappa shape index (κ3) is 5.26. The van der Waals surface area contributed by atoms with Gasteiger partial charge in [0.05, 0.1) is 12.8 Å². The molecule has 0 bridgehead atoms. The average Bonchev–Trinajstić information content (AvgIpc) is 3.43. The lowest BCUT2D eigenvalue weighted by atomic mass is 10.1. The van der Waals surface area contributed by atoms with Crippen molar-refractivity contribution in [3.63, 3.8) is 0 Å². The molecule has 3 atom stereocenters. The van der Waals surface area contributed by atoms with Crippen LogP contribution in [0.3, 0.4) is 0 Å². The van der Waals surface area contributed by atoms with Crippen LogP contribution in [0.2, 0.25) is 0 Å². The minimum absolute atomic E-state index is 0.144. The van der Waals surface area contributed by atoms with Gasteiger partial charge < -0.3 is 18.9 Å². The molecule has 168 valence electrons. The van der Waals surface area contributed by atoms with Crippen LogP contribution < -0.4 is 9.47 Å². The molecule has 3 aromatic rings. The van der Waals surface area contributed by atoms with Gasteiger partial charge in [-0.05, 0) is 45.0 Å². The van der Waals surface area contributed by atoms with Crippen LogP contribution in [0.4, 0.5) is 0 Å². The van der Waals surface area contributed by atoms with Crippen molar-refractivity contribution < 1.29 is 23.7 Å². The van der Waals surface area contributed by atoms with Crippen LogP contribution in [-0.4, -0.2) is 46.4 Å². The van der Waals surface area contributed by atoms with E-state index in [1.165, 1.54) is 16.4 Å². The van der Waals surface area contributed by atoms with Gasteiger partial charge in [-0.2, -0.15) is 0 Å². The van der Waals surface area contributed by atoms with Crippen molar-refractivity contribution in [1.29, 1.82) is 0 Å². The predicted molar refractivity (Wildman–Crippen MR) is 117 cm³/mol. The van der Waals surface area contributed by atoms with E-state index in [-0.39, 0.29) is 24.5 Å².